The van der Waals surface area contributed by atoms with Crippen LogP contribution in [-0.2, 0) is 6.42 Å². The highest BCUT2D eigenvalue weighted by Gasteiger charge is 2.35. The number of methoxy groups -OCH3 is 1. The van der Waals surface area contributed by atoms with Gasteiger partial charge in [-0.05, 0) is 66.3 Å². The molecule has 1 aromatic heterocycles. The lowest BCUT2D eigenvalue weighted by Crippen LogP contribution is -2.27. The summed E-state index contributed by atoms with van der Waals surface area (Å²) < 4.78 is 5.02. The lowest BCUT2D eigenvalue weighted by Gasteiger charge is -2.33. The van der Waals surface area contributed by atoms with Gasteiger partial charge in [0.05, 0.1) is 31.6 Å². The summed E-state index contributed by atoms with van der Waals surface area (Å²) in [5, 5.41) is 1.45. The molecule has 9 nitrogen and oxygen atoms in total. The molecule has 2 saturated carbocycles. The van der Waals surface area contributed by atoms with Crippen molar-refractivity contribution < 1.29 is 9.53 Å². The molecular weight excluding hydrogens is 663 g/mol. The van der Waals surface area contributed by atoms with Gasteiger partial charge in [0.1, 0.15) is 5.69 Å². The first kappa shape index (κ1) is 36.2. The highest BCUT2D eigenvalue weighted by atomic mass is 32.2. The van der Waals surface area contributed by atoms with E-state index in [1.165, 1.54) is 94.8 Å². The van der Waals surface area contributed by atoms with Gasteiger partial charge < -0.3 is 21.9 Å². The molecule has 2 fully saturated rings. The number of aliphatic imine (C=N–C) groups is 2. The van der Waals surface area contributed by atoms with Gasteiger partial charge >= 0.3 is 0 Å². The molecule has 2 aliphatic carbocycles. The number of hydrogen-bond acceptors (Lipinski definition) is 11. The second kappa shape index (κ2) is 17.6. The Balaban J connectivity index is 0.000000187. The minimum atomic E-state index is -0.0461. The minimum absolute atomic E-state index is 0.0461. The third-order valence-electron chi connectivity index (χ3n) is 10.7. The average molecular weight is 714 g/mol. The Morgan fingerprint density at radius 3 is 1.80 bits per heavy atom. The number of carbonyl (C=O) groups is 1. The van der Waals surface area contributed by atoms with Gasteiger partial charge in [-0.2, -0.15) is 0 Å². The van der Waals surface area contributed by atoms with Crippen LogP contribution in [0.3, 0.4) is 0 Å². The molecule has 4 unspecified atom stereocenters. The van der Waals surface area contributed by atoms with Crippen molar-refractivity contribution in [3.05, 3.63) is 83.3 Å². The SMILES string of the molecule is COc1cnc(C(=O)Cc2cccc(C(C3CCCCC3)C3CSC(N)=N3)c2)cn1.NC1=NC(C(c2cccc(N)c2)C2CCCCC2)CS1. The smallest absolute Gasteiger partial charge is 0.232 e. The molecule has 4 atom stereocenters. The van der Waals surface area contributed by atoms with Crippen molar-refractivity contribution in [2.45, 2.75) is 94.5 Å². The van der Waals surface area contributed by atoms with Gasteiger partial charge in [0.2, 0.25) is 5.88 Å². The summed E-state index contributed by atoms with van der Waals surface area (Å²) in [5.41, 5.74) is 22.7. The number of rotatable bonds is 10. The van der Waals surface area contributed by atoms with Crippen LogP contribution in [0, 0.1) is 11.8 Å². The van der Waals surface area contributed by atoms with Crippen LogP contribution in [0.5, 0.6) is 5.88 Å². The number of thioether (sulfide) groups is 2. The van der Waals surface area contributed by atoms with E-state index < -0.39 is 0 Å². The van der Waals surface area contributed by atoms with Crippen molar-refractivity contribution in [3.63, 3.8) is 0 Å². The number of ketones is 1. The predicted molar refractivity (Wildman–Crippen MR) is 208 cm³/mol. The fraction of sp³-hybridized carbons (Fsp3) is 0.513. The molecule has 11 heteroatoms. The summed E-state index contributed by atoms with van der Waals surface area (Å²) in [4.78, 5) is 30.4. The fourth-order valence-electron chi connectivity index (χ4n) is 8.31. The highest BCUT2D eigenvalue weighted by molar-refractivity contribution is 8.14. The summed E-state index contributed by atoms with van der Waals surface area (Å²) in [6, 6.07) is 17.4. The fourth-order valence-corrected chi connectivity index (χ4v) is 9.97. The number of Topliss-reactive ketones (excluding diaryl/α,β-unsaturated/α-hetero) is 1. The Kier molecular flexibility index (Phi) is 12.7. The average Bonchev–Trinajstić information content (AvgIpc) is 3.77. The van der Waals surface area contributed by atoms with E-state index >= 15 is 0 Å². The van der Waals surface area contributed by atoms with Crippen LogP contribution in [-0.4, -0.2) is 56.8 Å². The first-order valence-electron chi connectivity index (χ1n) is 18.1. The Hall–Kier alpha value is -3.57. The van der Waals surface area contributed by atoms with Crippen LogP contribution in [0.4, 0.5) is 5.69 Å². The maximum absolute atomic E-state index is 12.7. The van der Waals surface area contributed by atoms with Crippen LogP contribution in [0.2, 0.25) is 0 Å². The lowest BCUT2D eigenvalue weighted by molar-refractivity contribution is 0.0987. The molecule has 6 N–H and O–H groups in total. The van der Waals surface area contributed by atoms with Gasteiger partial charge in [0.25, 0.3) is 0 Å². The van der Waals surface area contributed by atoms with E-state index in [0.717, 1.165) is 33.8 Å². The zero-order chi connectivity index (χ0) is 34.9. The molecule has 0 bridgehead atoms. The van der Waals surface area contributed by atoms with E-state index in [0.29, 0.717) is 47.0 Å². The number of benzene rings is 2. The van der Waals surface area contributed by atoms with E-state index in [-0.39, 0.29) is 11.8 Å². The topological polar surface area (TPSA) is 155 Å². The van der Waals surface area contributed by atoms with E-state index in [2.05, 4.69) is 51.4 Å². The third-order valence-corrected chi connectivity index (χ3v) is 12.5. The van der Waals surface area contributed by atoms with Gasteiger partial charge in [0.15, 0.2) is 16.1 Å². The van der Waals surface area contributed by atoms with Gasteiger partial charge in [-0.1, -0.05) is 98.4 Å². The Bertz CT molecular complexity index is 1640. The monoisotopic (exact) mass is 713 g/mol. The van der Waals surface area contributed by atoms with Crippen LogP contribution < -0.4 is 21.9 Å². The number of anilines is 1. The Morgan fingerprint density at radius 1 is 0.760 bits per heavy atom. The summed E-state index contributed by atoms with van der Waals surface area (Å²) in [6.07, 6.45) is 16.3. The molecule has 266 valence electrons. The molecular formula is C39H51N7O2S2. The molecule has 2 aromatic carbocycles. The molecule has 7 rings (SSSR count). The molecule has 0 amide bonds. The molecule has 0 radical (unpaired) electrons. The van der Waals surface area contributed by atoms with Crippen LogP contribution >= 0.6 is 23.5 Å². The van der Waals surface area contributed by atoms with Crippen molar-refractivity contribution in [2.24, 2.45) is 33.3 Å². The quantitative estimate of drug-likeness (QED) is 0.144. The number of nitrogens with two attached hydrogens (primary N) is 3. The summed E-state index contributed by atoms with van der Waals surface area (Å²) in [7, 11) is 1.53. The number of aromatic nitrogens is 2. The van der Waals surface area contributed by atoms with Gasteiger partial charge in [0, 0.05) is 35.4 Å². The lowest BCUT2D eigenvalue weighted by atomic mass is 9.73. The molecule has 0 saturated heterocycles. The zero-order valence-corrected chi connectivity index (χ0v) is 30.7. The summed E-state index contributed by atoms with van der Waals surface area (Å²) in [5.74, 6) is 4.50. The number of nitrogen functional groups attached to an aromatic ring is 1. The van der Waals surface area contributed by atoms with Crippen LogP contribution in [0.15, 0.2) is 70.9 Å². The molecule has 50 heavy (non-hydrogen) atoms. The van der Waals surface area contributed by atoms with E-state index in [4.69, 9.17) is 26.9 Å². The first-order chi connectivity index (χ1) is 24.4. The molecule has 0 spiro atoms. The third kappa shape index (κ3) is 9.40. The molecule has 3 heterocycles. The first-order valence-corrected chi connectivity index (χ1v) is 20.1. The standard InChI is InChI=1S/C23H28N4O2S.C16H23N3S/c1-29-21-13-25-18(12-26-21)20(28)11-15-6-5-9-17(10-15)22(16-7-3-2-4-8-16)19-14-30-23(24)27-19;17-13-8-4-7-12(9-13)15(11-5-2-1-3-6-11)14-10-20-16(18)19-14/h5-6,9-10,12-13,16,19,22H,2-4,7-8,11,14H2,1H3,(H2,24,27);4,7-9,11,14-15H,1-3,5-6,10,17H2,(H2,18,19). The van der Waals surface area contributed by atoms with Crippen molar-refractivity contribution >= 4 is 45.3 Å². The van der Waals surface area contributed by atoms with Crippen molar-refractivity contribution in [1.29, 1.82) is 0 Å². The maximum Gasteiger partial charge on any atom is 0.232 e. The number of carbonyl (C=O) groups excluding carboxylic acids is 1. The predicted octanol–water partition coefficient (Wildman–Crippen LogP) is 7.37. The van der Waals surface area contributed by atoms with Crippen molar-refractivity contribution in [2.75, 3.05) is 24.3 Å². The van der Waals surface area contributed by atoms with Crippen molar-refractivity contribution in [3.8, 4) is 5.88 Å². The van der Waals surface area contributed by atoms with Crippen molar-refractivity contribution in [1.82, 2.24) is 9.97 Å². The highest BCUT2D eigenvalue weighted by Crippen LogP contribution is 2.43. The van der Waals surface area contributed by atoms with Crippen LogP contribution in [0.25, 0.3) is 0 Å². The normalized spacial score (nSPS) is 22.5. The Labute approximate surface area is 305 Å². The maximum atomic E-state index is 12.7. The number of hydrogen-bond donors (Lipinski definition) is 3. The second-order valence-electron chi connectivity index (χ2n) is 14.0. The minimum Gasteiger partial charge on any atom is -0.480 e. The molecule has 2 aliphatic heterocycles. The Morgan fingerprint density at radius 2 is 1.32 bits per heavy atom. The molecule has 3 aromatic rings. The van der Waals surface area contributed by atoms with E-state index in [1.807, 2.05) is 12.1 Å². The van der Waals surface area contributed by atoms with E-state index in [1.54, 1.807) is 23.5 Å². The summed E-state index contributed by atoms with van der Waals surface area (Å²) in [6.45, 7) is 0. The number of ether oxygens (including phenoxy) is 1. The van der Waals surface area contributed by atoms with Gasteiger partial charge in [-0.25, -0.2) is 9.97 Å². The second-order valence-corrected chi connectivity index (χ2v) is 16.1. The number of amidine groups is 2. The number of nitrogens with zero attached hydrogens (tertiary/aromatic N) is 4. The largest absolute Gasteiger partial charge is 0.480 e. The van der Waals surface area contributed by atoms with Gasteiger partial charge in [-0.3, -0.25) is 14.8 Å². The summed E-state index contributed by atoms with van der Waals surface area (Å²) >= 11 is 3.35. The molecule has 4 aliphatic rings. The van der Waals surface area contributed by atoms with Gasteiger partial charge in [-0.15, -0.1) is 0 Å². The van der Waals surface area contributed by atoms with Crippen LogP contribution in [0.1, 0.15) is 103 Å². The van der Waals surface area contributed by atoms with E-state index in [9.17, 15) is 4.79 Å². The zero-order valence-electron chi connectivity index (χ0n) is 29.1.